The molecule has 0 radical (unpaired) electrons. The van der Waals surface area contributed by atoms with Gasteiger partial charge in [-0.05, 0) is 20.8 Å². The Morgan fingerprint density at radius 2 is 2.25 bits per heavy atom. The van der Waals surface area contributed by atoms with E-state index in [0.29, 0.717) is 5.13 Å². The van der Waals surface area contributed by atoms with Gasteiger partial charge in [0, 0.05) is 11.9 Å². The van der Waals surface area contributed by atoms with Gasteiger partial charge in [0.05, 0.1) is 18.3 Å². The van der Waals surface area contributed by atoms with E-state index in [1.165, 1.54) is 16.2 Å². The van der Waals surface area contributed by atoms with Crippen LogP contribution in [0.25, 0.3) is 0 Å². The van der Waals surface area contributed by atoms with Crippen molar-refractivity contribution in [3.8, 4) is 0 Å². The fourth-order valence-corrected chi connectivity index (χ4v) is 1.83. The van der Waals surface area contributed by atoms with Crippen molar-refractivity contribution < 1.29 is 9.90 Å². The minimum atomic E-state index is -0.254. The third-order valence-electron chi connectivity index (χ3n) is 2.49. The van der Waals surface area contributed by atoms with Crippen LogP contribution in [-0.4, -0.2) is 40.7 Å². The Kier molecular flexibility index (Phi) is 4.26. The molecule has 0 aromatic carbocycles. The molecule has 1 aromatic heterocycles. The largest absolute Gasteiger partial charge is 0.394 e. The van der Waals surface area contributed by atoms with E-state index in [1.807, 2.05) is 13.8 Å². The molecule has 16 heavy (non-hydrogen) atoms. The van der Waals surface area contributed by atoms with Crippen LogP contribution in [0.1, 0.15) is 17.5 Å². The molecule has 0 fully saturated rings. The number of thiazole rings is 1. The SMILES string of the molecule is Cc1nc(NC(=O)N(C)C(C)CO)sc1C. The van der Waals surface area contributed by atoms with Gasteiger partial charge < -0.3 is 10.0 Å². The van der Waals surface area contributed by atoms with Crippen molar-refractivity contribution in [1.82, 2.24) is 9.88 Å². The molecule has 0 saturated carbocycles. The zero-order chi connectivity index (χ0) is 12.3. The van der Waals surface area contributed by atoms with E-state index < -0.39 is 0 Å². The predicted octanol–water partition coefficient (Wildman–Crippen LogP) is 1.60. The number of aliphatic hydroxyl groups excluding tert-OH is 1. The fourth-order valence-electron chi connectivity index (χ4n) is 1.03. The average Bonchev–Trinajstić information content (AvgIpc) is 2.55. The maximum atomic E-state index is 11.7. The Hall–Kier alpha value is -1.14. The summed E-state index contributed by atoms with van der Waals surface area (Å²) >= 11 is 1.45. The highest BCUT2D eigenvalue weighted by Crippen LogP contribution is 2.21. The highest BCUT2D eigenvalue weighted by atomic mass is 32.1. The number of carbonyl (C=O) groups is 1. The molecule has 0 saturated heterocycles. The third kappa shape index (κ3) is 2.93. The van der Waals surface area contributed by atoms with Crippen LogP contribution in [0, 0.1) is 13.8 Å². The lowest BCUT2D eigenvalue weighted by Gasteiger charge is -2.22. The molecule has 0 aliphatic rings. The maximum Gasteiger partial charge on any atom is 0.323 e. The first kappa shape index (κ1) is 12.9. The normalized spacial score (nSPS) is 12.3. The minimum absolute atomic E-state index is 0.0557. The van der Waals surface area contributed by atoms with E-state index in [0.717, 1.165) is 10.6 Å². The molecular weight excluding hydrogens is 226 g/mol. The summed E-state index contributed by atoms with van der Waals surface area (Å²) in [5.74, 6) is 0. The number of nitrogens with one attached hydrogen (secondary N) is 1. The second kappa shape index (κ2) is 5.27. The first-order chi connectivity index (χ1) is 7.45. The minimum Gasteiger partial charge on any atom is -0.394 e. The van der Waals surface area contributed by atoms with Gasteiger partial charge in [0.15, 0.2) is 5.13 Å². The summed E-state index contributed by atoms with van der Waals surface area (Å²) in [6, 6.07) is -0.461. The number of aromatic nitrogens is 1. The second-order valence-electron chi connectivity index (χ2n) is 3.73. The standard InChI is InChI=1S/C10H17N3O2S/c1-6(5-14)13(4)10(15)12-9-11-7(2)8(3)16-9/h6,14H,5H2,1-4H3,(H,11,12,15). The molecule has 1 atom stereocenters. The van der Waals surface area contributed by atoms with Gasteiger partial charge in [0.25, 0.3) is 0 Å². The molecular formula is C10H17N3O2S. The third-order valence-corrected chi connectivity index (χ3v) is 3.48. The summed E-state index contributed by atoms with van der Waals surface area (Å²) in [6.45, 7) is 5.59. The lowest BCUT2D eigenvalue weighted by atomic mass is 10.3. The molecule has 1 rings (SSSR count). The first-order valence-electron chi connectivity index (χ1n) is 5.04. The molecule has 1 heterocycles. The molecule has 5 nitrogen and oxygen atoms in total. The number of rotatable bonds is 3. The number of nitrogens with zero attached hydrogens (tertiary/aromatic N) is 2. The van der Waals surface area contributed by atoms with Crippen LogP contribution in [0.3, 0.4) is 0 Å². The van der Waals surface area contributed by atoms with E-state index in [4.69, 9.17) is 5.11 Å². The Bertz CT molecular complexity index is 359. The van der Waals surface area contributed by atoms with E-state index in [-0.39, 0.29) is 18.7 Å². The molecule has 0 aliphatic carbocycles. The number of anilines is 1. The van der Waals surface area contributed by atoms with Gasteiger partial charge in [-0.3, -0.25) is 5.32 Å². The van der Waals surface area contributed by atoms with Gasteiger partial charge in [0.1, 0.15) is 0 Å². The number of hydrogen-bond donors (Lipinski definition) is 2. The summed E-state index contributed by atoms with van der Waals surface area (Å²) in [6.07, 6.45) is 0. The van der Waals surface area contributed by atoms with Crippen LogP contribution >= 0.6 is 11.3 Å². The van der Waals surface area contributed by atoms with Crippen LogP contribution in [0.4, 0.5) is 9.93 Å². The molecule has 0 aliphatic heterocycles. The molecule has 2 N–H and O–H groups in total. The summed E-state index contributed by atoms with van der Waals surface area (Å²) in [5.41, 5.74) is 0.929. The first-order valence-corrected chi connectivity index (χ1v) is 5.86. The molecule has 1 aromatic rings. The molecule has 90 valence electrons. The number of amides is 2. The number of aryl methyl sites for hydroxylation is 2. The number of aliphatic hydroxyl groups is 1. The summed E-state index contributed by atoms with van der Waals surface area (Å²) < 4.78 is 0. The smallest absolute Gasteiger partial charge is 0.323 e. The van der Waals surface area contributed by atoms with Crippen molar-refractivity contribution in [3.63, 3.8) is 0 Å². The van der Waals surface area contributed by atoms with E-state index in [9.17, 15) is 4.79 Å². The van der Waals surface area contributed by atoms with Crippen molar-refractivity contribution in [3.05, 3.63) is 10.6 Å². The van der Waals surface area contributed by atoms with Gasteiger partial charge in [0.2, 0.25) is 0 Å². The van der Waals surface area contributed by atoms with Crippen LogP contribution in [-0.2, 0) is 0 Å². The molecule has 0 spiro atoms. The van der Waals surface area contributed by atoms with Crippen molar-refractivity contribution in [1.29, 1.82) is 0 Å². The fraction of sp³-hybridized carbons (Fsp3) is 0.600. The summed E-state index contributed by atoms with van der Waals surface area (Å²) in [5, 5.41) is 12.2. The second-order valence-corrected chi connectivity index (χ2v) is 4.94. The summed E-state index contributed by atoms with van der Waals surface area (Å²) in [4.78, 5) is 18.5. The van der Waals surface area contributed by atoms with Crippen molar-refractivity contribution in [2.24, 2.45) is 0 Å². The topological polar surface area (TPSA) is 65.5 Å². The van der Waals surface area contributed by atoms with Crippen molar-refractivity contribution in [2.75, 3.05) is 19.0 Å². The highest BCUT2D eigenvalue weighted by Gasteiger charge is 2.16. The van der Waals surface area contributed by atoms with Crippen LogP contribution in [0.5, 0.6) is 0 Å². The van der Waals surface area contributed by atoms with Gasteiger partial charge in [-0.2, -0.15) is 0 Å². The Labute approximate surface area is 99.1 Å². The predicted molar refractivity (Wildman–Crippen MR) is 64.9 cm³/mol. The van der Waals surface area contributed by atoms with E-state index in [1.54, 1.807) is 14.0 Å². The number of carbonyl (C=O) groups excluding carboxylic acids is 1. The lowest BCUT2D eigenvalue weighted by molar-refractivity contribution is 0.166. The Morgan fingerprint density at radius 1 is 1.62 bits per heavy atom. The zero-order valence-corrected chi connectivity index (χ0v) is 10.8. The molecule has 1 unspecified atom stereocenters. The lowest BCUT2D eigenvalue weighted by Crippen LogP contribution is -2.40. The van der Waals surface area contributed by atoms with Crippen molar-refractivity contribution >= 4 is 22.5 Å². The van der Waals surface area contributed by atoms with Crippen LogP contribution in [0.2, 0.25) is 0 Å². The zero-order valence-electron chi connectivity index (χ0n) is 9.94. The number of urea groups is 1. The van der Waals surface area contributed by atoms with Crippen LogP contribution in [0.15, 0.2) is 0 Å². The van der Waals surface area contributed by atoms with E-state index >= 15 is 0 Å². The molecule has 0 bridgehead atoms. The highest BCUT2D eigenvalue weighted by molar-refractivity contribution is 7.15. The van der Waals surface area contributed by atoms with Gasteiger partial charge >= 0.3 is 6.03 Å². The Morgan fingerprint density at radius 3 is 2.69 bits per heavy atom. The van der Waals surface area contributed by atoms with E-state index in [2.05, 4.69) is 10.3 Å². The number of hydrogen-bond acceptors (Lipinski definition) is 4. The quantitative estimate of drug-likeness (QED) is 0.847. The Balaban J connectivity index is 2.64. The van der Waals surface area contributed by atoms with Gasteiger partial charge in [-0.1, -0.05) is 0 Å². The summed E-state index contributed by atoms with van der Waals surface area (Å²) in [7, 11) is 1.64. The average molecular weight is 243 g/mol. The van der Waals surface area contributed by atoms with Crippen LogP contribution < -0.4 is 5.32 Å². The molecule has 6 heteroatoms. The number of likely N-dealkylation sites (N-methyl/N-ethyl adjacent to an activating group) is 1. The maximum absolute atomic E-state index is 11.7. The van der Waals surface area contributed by atoms with Crippen molar-refractivity contribution in [2.45, 2.75) is 26.8 Å². The van der Waals surface area contributed by atoms with Gasteiger partial charge in [-0.25, -0.2) is 9.78 Å². The van der Waals surface area contributed by atoms with Gasteiger partial charge in [-0.15, -0.1) is 11.3 Å². The monoisotopic (exact) mass is 243 g/mol. The molecule has 2 amide bonds.